The molecule has 0 atom stereocenters. The third-order valence-corrected chi connectivity index (χ3v) is 1.58. The van der Waals surface area contributed by atoms with Gasteiger partial charge in [-0.2, -0.15) is 0 Å². The molecule has 0 radical (unpaired) electrons. The van der Waals surface area contributed by atoms with Crippen molar-refractivity contribution in [1.29, 1.82) is 0 Å². The summed E-state index contributed by atoms with van der Waals surface area (Å²) in [6.45, 7) is 4.48. The molecule has 0 unspecified atom stereocenters. The van der Waals surface area contributed by atoms with Crippen molar-refractivity contribution in [3.05, 3.63) is 0 Å². The molecular weight excluding hydrogens is 150 g/mol. The van der Waals surface area contributed by atoms with Gasteiger partial charge in [0.05, 0.1) is 0 Å². The molecule has 0 aromatic carbocycles. The largest absolute Gasteiger partial charge is 0.384 e. The fraction of sp³-hybridized carbons (Fsp3) is 1.00. The van der Waals surface area contributed by atoms with Crippen molar-refractivity contribution in [2.75, 3.05) is 13.7 Å². The van der Waals surface area contributed by atoms with Crippen LogP contribution in [-0.2, 0) is 4.74 Å². The Hall–Kier alpha value is -0.180. The van der Waals surface area contributed by atoms with E-state index in [2.05, 4.69) is 0 Å². The van der Waals surface area contributed by atoms with Crippen molar-refractivity contribution in [2.45, 2.75) is 32.6 Å². The normalized spacial score (nSPS) is 21.5. The average Bonchev–Trinajstić information content (AvgIpc) is 1.89. The molecule has 1 rings (SSSR count). The van der Waals surface area contributed by atoms with Crippen molar-refractivity contribution in [3.8, 4) is 0 Å². The highest BCUT2D eigenvalue weighted by Gasteiger charge is 2.44. The number of hydrogen-bond donors (Lipinski definition) is 0. The van der Waals surface area contributed by atoms with Gasteiger partial charge in [0.2, 0.25) is 5.92 Å². The molecule has 0 amide bonds. The highest BCUT2D eigenvalue weighted by atomic mass is 19.3. The predicted molar refractivity (Wildman–Crippen MR) is 40.9 cm³/mol. The standard InChI is InChI=1S/C6H10F2O.C2H6/c1-9-4-5-2-6(7,8)3-5;1-2/h5H,2-4H2,1H3;1-2H3. The van der Waals surface area contributed by atoms with Gasteiger partial charge in [0, 0.05) is 26.6 Å². The Morgan fingerprint density at radius 1 is 1.36 bits per heavy atom. The van der Waals surface area contributed by atoms with Gasteiger partial charge in [0.25, 0.3) is 0 Å². The molecule has 0 bridgehead atoms. The first-order valence-corrected chi connectivity index (χ1v) is 4.01. The lowest BCUT2D eigenvalue weighted by Crippen LogP contribution is -2.37. The highest BCUT2D eigenvalue weighted by molar-refractivity contribution is 4.85. The number of halogens is 2. The zero-order valence-corrected chi connectivity index (χ0v) is 7.36. The molecule has 1 aliphatic carbocycles. The first-order valence-electron chi connectivity index (χ1n) is 4.01. The van der Waals surface area contributed by atoms with E-state index in [4.69, 9.17) is 4.74 Å². The molecule has 3 heteroatoms. The Balaban J connectivity index is 0.000000461. The minimum absolute atomic E-state index is 0.0147. The topological polar surface area (TPSA) is 9.23 Å². The van der Waals surface area contributed by atoms with Gasteiger partial charge in [-0.05, 0) is 5.92 Å². The summed E-state index contributed by atoms with van der Waals surface area (Å²) in [6, 6.07) is 0. The number of ether oxygens (including phenoxy) is 1. The second-order valence-corrected chi connectivity index (χ2v) is 2.59. The summed E-state index contributed by atoms with van der Waals surface area (Å²) >= 11 is 0. The van der Waals surface area contributed by atoms with E-state index in [1.807, 2.05) is 13.8 Å². The maximum absolute atomic E-state index is 12.1. The fourth-order valence-corrected chi connectivity index (χ4v) is 1.14. The molecule has 0 saturated heterocycles. The van der Waals surface area contributed by atoms with Crippen molar-refractivity contribution in [3.63, 3.8) is 0 Å². The SMILES string of the molecule is CC.COCC1CC(F)(F)C1. The van der Waals surface area contributed by atoms with E-state index in [-0.39, 0.29) is 18.8 Å². The van der Waals surface area contributed by atoms with Crippen molar-refractivity contribution in [1.82, 2.24) is 0 Å². The molecule has 68 valence electrons. The van der Waals surface area contributed by atoms with Crippen LogP contribution in [0.15, 0.2) is 0 Å². The lowest BCUT2D eigenvalue weighted by molar-refractivity contribution is -0.124. The Bertz CT molecular complexity index is 96.3. The first-order chi connectivity index (χ1) is 5.14. The van der Waals surface area contributed by atoms with Gasteiger partial charge in [-0.1, -0.05) is 13.8 Å². The van der Waals surface area contributed by atoms with Gasteiger partial charge < -0.3 is 4.74 Å². The lowest BCUT2D eigenvalue weighted by atomic mass is 9.82. The van der Waals surface area contributed by atoms with Crippen molar-refractivity contribution < 1.29 is 13.5 Å². The third-order valence-electron chi connectivity index (χ3n) is 1.58. The molecule has 0 aromatic rings. The second kappa shape index (κ2) is 4.65. The second-order valence-electron chi connectivity index (χ2n) is 2.59. The van der Waals surface area contributed by atoms with Gasteiger partial charge in [-0.3, -0.25) is 0 Å². The first kappa shape index (κ1) is 10.8. The van der Waals surface area contributed by atoms with Gasteiger partial charge in [0.1, 0.15) is 0 Å². The van der Waals surface area contributed by atoms with Crippen LogP contribution in [0.2, 0.25) is 0 Å². The van der Waals surface area contributed by atoms with Crippen LogP contribution in [0.25, 0.3) is 0 Å². The molecule has 1 nitrogen and oxygen atoms in total. The summed E-state index contributed by atoms with van der Waals surface area (Å²) in [6.07, 6.45) is 0.0294. The Kier molecular flexibility index (Phi) is 4.57. The summed E-state index contributed by atoms with van der Waals surface area (Å²) in [4.78, 5) is 0. The van der Waals surface area contributed by atoms with E-state index in [1.54, 1.807) is 0 Å². The van der Waals surface area contributed by atoms with Crippen LogP contribution in [0.3, 0.4) is 0 Å². The molecule has 0 aliphatic heterocycles. The number of rotatable bonds is 2. The van der Waals surface area contributed by atoms with Crippen LogP contribution < -0.4 is 0 Å². The van der Waals surface area contributed by atoms with Crippen molar-refractivity contribution in [2.24, 2.45) is 5.92 Å². The van der Waals surface area contributed by atoms with Crippen LogP contribution in [0.1, 0.15) is 26.7 Å². The molecule has 1 saturated carbocycles. The van der Waals surface area contributed by atoms with Gasteiger partial charge in [-0.25, -0.2) is 8.78 Å². The molecule has 1 aliphatic rings. The van der Waals surface area contributed by atoms with Gasteiger partial charge in [0.15, 0.2) is 0 Å². The summed E-state index contributed by atoms with van der Waals surface area (Å²) in [5, 5.41) is 0. The molecule has 0 N–H and O–H groups in total. The Morgan fingerprint density at radius 2 is 1.82 bits per heavy atom. The zero-order valence-electron chi connectivity index (χ0n) is 7.36. The van der Waals surface area contributed by atoms with E-state index in [9.17, 15) is 8.78 Å². The smallest absolute Gasteiger partial charge is 0.248 e. The number of methoxy groups -OCH3 is 1. The number of alkyl halides is 2. The maximum atomic E-state index is 12.1. The van der Waals surface area contributed by atoms with E-state index in [1.165, 1.54) is 7.11 Å². The van der Waals surface area contributed by atoms with Crippen molar-refractivity contribution >= 4 is 0 Å². The Morgan fingerprint density at radius 3 is 2.09 bits per heavy atom. The predicted octanol–water partition coefficient (Wildman–Crippen LogP) is 2.70. The van der Waals surface area contributed by atoms with Gasteiger partial charge in [-0.15, -0.1) is 0 Å². The van der Waals surface area contributed by atoms with E-state index in [0.717, 1.165) is 0 Å². The van der Waals surface area contributed by atoms with E-state index >= 15 is 0 Å². The molecular formula is C8H16F2O. The highest BCUT2D eigenvalue weighted by Crippen LogP contribution is 2.42. The molecule has 1 fully saturated rings. The summed E-state index contributed by atoms with van der Waals surface area (Å²) in [5.41, 5.74) is 0. The molecule has 11 heavy (non-hydrogen) atoms. The minimum Gasteiger partial charge on any atom is -0.384 e. The summed E-state index contributed by atoms with van der Waals surface area (Å²) < 4.78 is 28.8. The van der Waals surface area contributed by atoms with E-state index < -0.39 is 5.92 Å². The van der Waals surface area contributed by atoms with Crippen LogP contribution in [0.5, 0.6) is 0 Å². The molecule has 0 aromatic heterocycles. The fourth-order valence-electron chi connectivity index (χ4n) is 1.14. The third kappa shape index (κ3) is 3.65. The molecule has 0 heterocycles. The summed E-state index contributed by atoms with van der Waals surface area (Å²) in [5.74, 6) is -2.28. The van der Waals surface area contributed by atoms with Crippen LogP contribution in [-0.4, -0.2) is 19.6 Å². The van der Waals surface area contributed by atoms with Crippen LogP contribution >= 0.6 is 0 Å². The van der Waals surface area contributed by atoms with E-state index in [0.29, 0.717) is 6.61 Å². The average molecular weight is 166 g/mol. The quantitative estimate of drug-likeness (QED) is 0.612. The maximum Gasteiger partial charge on any atom is 0.248 e. The van der Waals surface area contributed by atoms with Crippen LogP contribution in [0, 0.1) is 5.92 Å². The summed E-state index contributed by atoms with van der Waals surface area (Å²) in [7, 11) is 1.54. The minimum atomic E-state index is -2.39. The number of hydrogen-bond acceptors (Lipinski definition) is 1. The monoisotopic (exact) mass is 166 g/mol. The van der Waals surface area contributed by atoms with Crippen LogP contribution in [0.4, 0.5) is 8.78 Å². The lowest BCUT2D eigenvalue weighted by Gasteiger charge is -2.34. The zero-order chi connectivity index (χ0) is 8.91. The van der Waals surface area contributed by atoms with Gasteiger partial charge >= 0.3 is 0 Å². The molecule has 0 spiro atoms. The Labute approximate surface area is 66.7 Å².